The molecule has 6 N–H and O–H groups in total. The molecule has 0 radical (unpaired) electrons. The average Bonchev–Trinajstić information content (AvgIpc) is 3.49. The van der Waals surface area contributed by atoms with Gasteiger partial charge in [-0.1, -0.05) is 12.1 Å². The summed E-state index contributed by atoms with van der Waals surface area (Å²) in [5.41, 5.74) is 14.2. The van der Waals surface area contributed by atoms with Crippen LogP contribution in [0.2, 0.25) is 0 Å². The first-order valence-electron chi connectivity index (χ1n) is 14.7. The van der Waals surface area contributed by atoms with Crippen LogP contribution in [0.5, 0.6) is 0 Å². The lowest BCUT2D eigenvalue weighted by molar-refractivity contribution is 0.425. The molecular formula is C31H43N13. The Balaban J connectivity index is 1.58. The summed E-state index contributed by atoms with van der Waals surface area (Å²) in [6.07, 6.45) is 1.58. The van der Waals surface area contributed by atoms with Crippen molar-refractivity contribution in [2.24, 2.45) is 15.7 Å². The Bertz CT molecular complexity index is 1820. The van der Waals surface area contributed by atoms with Gasteiger partial charge in [-0.25, -0.2) is 19.0 Å². The van der Waals surface area contributed by atoms with Crippen molar-refractivity contribution < 1.29 is 0 Å². The molecule has 5 heterocycles. The summed E-state index contributed by atoms with van der Waals surface area (Å²) in [5, 5.41) is 28.6. The van der Waals surface area contributed by atoms with Crippen LogP contribution < -0.4 is 21.7 Å². The fraction of sp³-hybridized carbons (Fsp3) is 0.387. The lowest BCUT2D eigenvalue weighted by Crippen LogP contribution is -2.42. The Hall–Kier alpha value is -4.75. The molecule has 0 spiro atoms. The van der Waals surface area contributed by atoms with Crippen molar-refractivity contribution in [3.05, 3.63) is 58.6 Å². The monoisotopic (exact) mass is 597 g/mol. The van der Waals surface area contributed by atoms with Gasteiger partial charge in [0.15, 0.2) is 23.3 Å². The molecule has 4 aromatic heterocycles. The molecule has 0 bridgehead atoms. The minimum absolute atomic E-state index is 0.152. The molecule has 0 saturated heterocycles. The summed E-state index contributed by atoms with van der Waals surface area (Å²) in [6.45, 7) is 11.2. The number of rotatable bonds is 10. The molecule has 4 aromatic rings. The zero-order chi connectivity index (χ0) is 31.7. The number of aromatic nitrogens is 4. The number of hydrogen-bond donors (Lipinski definition) is 5. The minimum Gasteiger partial charge on any atom is -0.396 e. The topological polar surface area (TPSA) is 152 Å². The van der Waals surface area contributed by atoms with Crippen LogP contribution >= 0.6 is 0 Å². The van der Waals surface area contributed by atoms with Crippen molar-refractivity contribution in [1.82, 2.24) is 34.3 Å². The van der Waals surface area contributed by atoms with Crippen molar-refractivity contribution in [3.63, 3.8) is 0 Å². The highest BCUT2D eigenvalue weighted by Gasteiger charge is 2.23. The molecule has 0 saturated carbocycles. The largest absolute Gasteiger partial charge is 0.396 e. The van der Waals surface area contributed by atoms with Crippen molar-refractivity contribution in [3.8, 4) is 0 Å². The van der Waals surface area contributed by atoms with E-state index in [1.807, 2.05) is 63.2 Å². The minimum atomic E-state index is 0.152. The number of hydrogen-bond acceptors (Lipinski definition) is 10. The number of anilines is 2. The molecule has 0 fully saturated rings. The smallest absolute Gasteiger partial charge is 0.175 e. The van der Waals surface area contributed by atoms with Crippen LogP contribution in [0.1, 0.15) is 22.5 Å². The predicted molar refractivity (Wildman–Crippen MR) is 181 cm³/mol. The maximum atomic E-state index is 8.73. The second-order valence-electron chi connectivity index (χ2n) is 11.7. The van der Waals surface area contributed by atoms with E-state index in [1.165, 1.54) is 0 Å². The summed E-state index contributed by atoms with van der Waals surface area (Å²) in [7, 11) is 8.12. The Morgan fingerprint density at radius 1 is 0.773 bits per heavy atom. The third kappa shape index (κ3) is 6.15. The SMILES string of the molecule is Cc1ccc2c(N=C3NC(=Nc4c(NCCN(C)C)nn5c(C)c(C)ccc45)C(N)=CC3=N)c(NCCN(C)C)nn2c1C. The van der Waals surface area contributed by atoms with Gasteiger partial charge in [0.2, 0.25) is 0 Å². The molecule has 0 atom stereocenters. The Morgan fingerprint density at radius 3 is 1.68 bits per heavy atom. The first-order chi connectivity index (χ1) is 20.9. The predicted octanol–water partition coefficient (Wildman–Crippen LogP) is 3.39. The van der Waals surface area contributed by atoms with Gasteiger partial charge >= 0.3 is 0 Å². The normalized spacial score (nSPS) is 15.7. The Kier molecular flexibility index (Phi) is 8.70. The summed E-state index contributed by atoms with van der Waals surface area (Å²) in [6, 6.07) is 8.15. The summed E-state index contributed by atoms with van der Waals surface area (Å²) >= 11 is 0. The zero-order valence-electron chi connectivity index (χ0n) is 26.9. The van der Waals surface area contributed by atoms with E-state index in [1.54, 1.807) is 6.08 Å². The van der Waals surface area contributed by atoms with Crippen LogP contribution in [-0.4, -0.2) is 101 Å². The quantitative estimate of drug-likeness (QED) is 0.187. The number of pyridine rings is 2. The van der Waals surface area contributed by atoms with Crippen molar-refractivity contribution in [2.75, 3.05) is 65.0 Å². The standard InChI is InChI=1S/C31H43N13/c1-18-9-11-24-26(30(34-13-15-41(5)6)39-43(24)20(18)3)36-28-22(32)17-23(33)29(38-28)37-27-25-12-10-19(2)21(4)44(25)40-31(27)35-14-16-42(7)8/h9-12,17,32H,13-16,33H2,1-8H3,(H,34,39)(H,35,40)(H,36,37,38). The molecule has 13 nitrogen and oxygen atoms in total. The first kappa shape index (κ1) is 30.7. The number of aryl methyl sites for hydroxylation is 4. The van der Waals surface area contributed by atoms with Crippen LogP contribution in [0.15, 0.2) is 46.0 Å². The maximum Gasteiger partial charge on any atom is 0.175 e. The second kappa shape index (κ2) is 12.5. The fourth-order valence-electron chi connectivity index (χ4n) is 4.84. The van der Waals surface area contributed by atoms with E-state index in [4.69, 9.17) is 31.3 Å². The number of nitrogens with one attached hydrogen (secondary N) is 4. The summed E-state index contributed by atoms with van der Waals surface area (Å²) in [5.74, 6) is 2.02. The molecule has 1 aliphatic rings. The number of nitrogens with two attached hydrogens (primary N) is 1. The molecule has 0 amide bonds. The highest BCUT2D eigenvalue weighted by molar-refractivity contribution is 6.50. The van der Waals surface area contributed by atoms with Gasteiger partial charge < -0.3 is 31.5 Å². The van der Waals surface area contributed by atoms with Gasteiger partial charge in [0.1, 0.15) is 11.4 Å². The number of likely N-dealkylation sites (N-methyl/N-ethyl adjacent to an activating group) is 2. The molecular weight excluding hydrogens is 554 g/mol. The van der Waals surface area contributed by atoms with Gasteiger partial charge in [-0.05, 0) is 85.2 Å². The van der Waals surface area contributed by atoms with E-state index in [9.17, 15) is 0 Å². The summed E-state index contributed by atoms with van der Waals surface area (Å²) in [4.78, 5) is 14.1. The first-order valence-corrected chi connectivity index (χ1v) is 14.7. The van der Waals surface area contributed by atoms with E-state index in [0.29, 0.717) is 53.5 Å². The van der Waals surface area contributed by atoms with Gasteiger partial charge in [0.25, 0.3) is 0 Å². The molecule has 5 rings (SSSR count). The molecule has 232 valence electrons. The number of amidine groups is 2. The Labute approximate surface area is 258 Å². The molecule has 0 aromatic carbocycles. The van der Waals surface area contributed by atoms with Crippen LogP contribution in [0.4, 0.5) is 23.0 Å². The van der Waals surface area contributed by atoms with E-state index < -0.39 is 0 Å². The molecule has 1 aliphatic heterocycles. The second-order valence-corrected chi connectivity index (χ2v) is 11.7. The fourth-order valence-corrected chi connectivity index (χ4v) is 4.84. The number of aliphatic imine (C=N–C) groups is 2. The average molecular weight is 598 g/mol. The van der Waals surface area contributed by atoms with Gasteiger partial charge in [-0.3, -0.25) is 5.41 Å². The lowest BCUT2D eigenvalue weighted by atomic mass is 10.1. The highest BCUT2D eigenvalue weighted by Crippen LogP contribution is 2.33. The summed E-state index contributed by atoms with van der Waals surface area (Å²) < 4.78 is 3.80. The van der Waals surface area contributed by atoms with Crippen LogP contribution in [-0.2, 0) is 0 Å². The zero-order valence-corrected chi connectivity index (χ0v) is 26.9. The molecule has 0 unspecified atom stereocenters. The van der Waals surface area contributed by atoms with Gasteiger partial charge in [-0.15, -0.1) is 10.2 Å². The Morgan fingerprint density at radius 2 is 1.23 bits per heavy atom. The molecule has 13 heteroatoms. The van der Waals surface area contributed by atoms with Gasteiger partial charge in [-0.2, -0.15) is 0 Å². The van der Waals surface area contributed by atoms with Crippen molar-refractivity contribution in [1.29, 1.82) is 5.41 Å². The van der Waals surface area contributed by atoms with Crippen molar-refractivity contribution in [2.45, 2.75) is 27.7 Å². The third-order valence-corrected chi connectivity index (χ3v) is 7.76. The maximum absolute atomic E-state index is 8.73. The highest BCUT2D eigenvalue weighted by atomic mass is 15.3. The van der Waals surface area contributed by atoms with Crippen LogP contribution in [0.25, 0.3) is 11.0 Å². The lowest BCUT2D eigenvalue weighted by Gasteiger charge is -2.18. The third-order valence-electron chi connectivity index (χ3n) is 7.76. The number of nitrogens with zero attached hydrogens (tertiary/aromatic N) is 8. The van der Waals surface area contributed by atoms with E-state index in [2.05, 4.69) is 51.7 Å². The molecule has 0 aliphatic carbocycles. The van der Waals surface area contributed by atoms with Crippen LogP contribution in [0, 0.1) is 33.1 Å². The van der Waals surface area contributed by atoms with Gasteiger partial charge in [0.05, 0.1) is 22.4 Å². The molecule has 44 heavy (non-hydrogen) atoms. The van der Waals surface area contributed by atoms with E-state index in [-0.39, 0.29) is 5.71 Å². The van der Waals surface area contributed by atoms with Crippen molar-refractivity contribution >= 4 is 51.4 Å². The van der Waals surface area contributed by atoms with E-state index >= 15 is 0 Å². The van der Waals surface area contributed by atoms with E-state index in [0.717, 1.165) is 46.6 Å². The van der Waals surface area contributed by atoms with Crippen LogP contribution in [0.3, 0.4) is 0 Å². The van der Waals surface area contributed by atoms with Gasteiger partial charge in [0, 0.05) is 37.6 Å². The number of fused-ring (bicyclic) bond motifs is 2.